The number of halogens is 1. The van der Waals surface area contributed by atoms with Gasteiger partial charge in [-0.15, -0.1) is 0 Å². The Bertz CT molecular complexity index is 562. The summed E-state index contributed by atoms with van der Waals surface area (Å²) in [7, 11) is -4.02. The van der Waals surface area contributed by atoms with Crippen LogP contribution < -0.4 is 4.72 Å². The fourth-order valence-corrected chi connectivity index (χ4v) is 2.85. The first-order valence-electron chi connectivity index (χ1n) is 5.28. The van der Waals surface area contributed by atoms with E-state index in [-0.39, 0.29) is 6.61 Å². The van der Waals surface area contributed by atoms with Gasteiger partial charge in [0.15, 0.2) is 0 Å². The molecule has 0 aliphatic carbocycles. The number of aliphatic hydroxyl groups excluding tert-OH is 1. The van der Waals surface area contributed by atoms with Gasteiger partial charge in [0, 0.05) is 6.04 Å². The van der Waals surface area contributed by atoms with Crippen LogP contribution in [-0.4, -0.2) is 26.2 Å². The smallest absolute Gasteiger partial charge is 0.242 e. The van der Waals surface area contributed by atoms with Crippen LogP contribution in [0.15, 0.2) is 23.1 Å². The van der Waals surface area contributed by atoms with Crippen molar-refractivity contribution in [1.29, 1.82) is 5.26 Å². The molecule has 1 rings (SSSR count). The molecule has 0 aliphatic heterocycles. The molecule has 98 valence electrons. The number of hydrogen-bond donors (Lipinski definition) is 2. The van der Waals surface area contributed by atoms with Gasteiger partial charge in [0.1, 0.15) is 22.3 Å². The maximum Gasteiger partial charge on any atom is 0.242 e. The Labute approximate surface area is 105 Å². The summed E-state index contributed by atoms with van der Waals surface area (Å²) in [5.41, 5.74) is -0.530. The number of aliphatic hydroxyl groups is 1. The van der Waals surface area contributed by atoms with Crippen molar-refractivity contribution >= 4 is 10.0 Å². The molecule has 7 heteroatoms. The average molecular weight is 272 g/mol. The van der Waals surface area contributed by atoms with E-state index in [1.54, 1.807) is 6.92 Å². The number of hydrogen-bond acceptors (Lipinski definition) is 4. The molecule has 1 aromatic carbocycles. The standard InChI is InChI=1S/C11H13FN2O3S/c1-2-8(7-15)14-18(16,17)11-5-3-4-10(12)9(11)6-13/h3-5,8,14-15H,2,7H2,1H3/t8-/m1/s1. The topological polar surface area (TPSA) is 90.2 Å². The third-order valence-corrected chi connectivity index (χ3v) is 3.97. The Morgan fingerprint density at radius 2 is 2.22 bits per heavy atom. The van der Waals surface area contributed by atoms with Crippen molar-refractivity contribution in [2.24, 2.45) is 0 Å². The molecule has 0 heterocycles. The van der Waals surface area contributed by atoms with Crippen LogP contribution in [0, 0.1) is 17.1 Å². The van der Waals surface area contributed by atoms with Crippen molar-refractivity contribution in [2.75, 3.05) is 6.61 Å². The summed E-state index contributed by atoms with van der Waals surface area (Å²) in [6.07, 6.45) is 0.382. The van der Waals surface area contributed by atoms with Crippen LogP contribution in [0.25, 0.3) is 0 Å². The Morgan fingerprint density at radius 3 is 2.72 bits per heavy atom. The molecule has 2 N–H and O–H groups in total. The highest BCUT2D eigenvalue weighted by molar-refractivity contribution is 7.89. The third kappa shape index (κ3) is 3.04. The quantitative estimate of drug-likeness (QED) is 0.827. The van der Waals surface area contributed by atoms with Crippen molar-refractivity contribution in [2.45, 2.75) is 24.3 Å². The van der Waals surface area contributed by atoms with Crippen molar-refractivity contribution in [1.82, 2.24) is 4.72 Å². The molecular weight excluding hydrogens is 259 g/mol. The normalized spacial score (nSPS) is 13.0. The molecule has 0 spiro atoms. The summed E-state index contributed by atoms with van der Waals surface area (Å²) in [5, 5.41) is 17.7. The zero-order chi connectivity index (χ0) is 13.8. The number of nitrogens with one attached hydrogen (secondary N) is 1. The predicted molar refractivity (Wildman–Crippen MR) is 62.6 cm³/mol. The summed E-state index contributed by atoms with van der Waals surface area (Å²) < 4.78 is 39.4. The zero-order valence-corrected chi connectivity index (χ0v) is 10.5. The fraction of sp³-hybridized carbons (Fsp3) is 0.364. The molecule has 0 saturated heterocycles. The van der Waals surface area contributed by atoms with Gasteiger partial charge in [-0.2, -0.15) is 5.26 Å². The number of sulfonamides is 1. The van der Waals surface area contributed by atoms with Crippen molar-refractivity contribution in [3.63, 3.8) is 0 Å². The highest BCUT2D eigenvalue weighted by Crippen LogP contribution is 2.18. The predicted octanol–water partition coefficient (Wildman–Crippen LogP) is 0.747. The van der Waals surface area contributed by atoms with Crippen molar-refractivity contribution in [3.8, 4) is 6.07 Å². The van der Waals surface area contributed by atoms with E-state index in [0.717, 1.165) is 12.1 Å². The lowest BCUT2D eigenvalue weighted by atomic mass is 10.2. The molecule has 0 amide bonds. The maximum atomic E-state index is 13.3. The number of rotatable bonds is 5. The summed E-state index contributed by atoms with van der Waals surface area (Å²) in [6.45, 7) is 1.33. The van der Waals surface area contributed by atoms with Crippen LogP contribution in [0.2, 0.25) is 0 Å². The number of nitrogens with zero attached hydrogens (tertiary/aromatic N) is 1. The average Bonchev–Trinajstić information content (AvgIpc) is 2.35. The van der Waals surface area contributed by atoms with Gasteiger partial charge in [-0.1, -0.05) is 13.0 Å². The molecule has 0 radical (unpaired) electrons. The van der Waals surface area contributed by atoms with Crippen LogP contribution >= 0.6 is 0 Å². The SMILES string of the molecule is CC[C@H](CO)NS(=O)(=O)c1cccc(F)c1C#N. The minimum Gasteiger partial charge on any atom is -0.395 e. The third-order valence-electron chi connectivity index (χ3n) is 2.41. The first-order chi connectivity index (χ1) is 8.46. The second-order valence-corrected chi connectivity index (χ2v) is 5.32. The van der Waals surface area contributed by atoms with Gasteiger partial charge < -0.3 is 5.11 Å². The summed E-state index contributed by atoms with van der Waals surface area (Å²) >= 11 is 0. The summed E-state index contributed by atoms with van der Waals surface area (Å²) in [5.74, 6) is -0.891. The summed E-state index contributed by atoms with van der Waals surface area (Å²) in [6, 6.07) is 4.23. The van der Waals surface area contributed by atoms with Gasteiger partial charge in [-0.05, 0) is 18.6 Å². The lowest BCUT2D eigenvalue weighted by Crippen LogP contribution is -2.37. The highest BCUT2D eigenvalue weighted by Gasteiger charge is 2.23. The molecule has 0 unspecified atom stereocenters. The minimum absolute atomic E-state index is 0.368. The van der Waals surface area contributed by atoms with E-state index < -0.39 is 32.3 Å². The molecule has 0 aromatic heterocycles. The molecule has 1 atom stereocenters. The molecule has 5 nitrogen and oxygen atoms in total. The van der Waals surface area contributed by atoms with Gasteiger partial charge in [0.25, 0.3) is 0 Å². The van der Waals surface area contributed by atoms with Gasteiger partial charge >= 0.3 is 0 Å². The van der Waals surface area contributed by atoms with E-state index in [2.05, 4.69) is 4.72 Å². The summed E-state index contributed by atoms with van der Waals surface area (Å²) in [4.78, 5) is -0.420. The lowest BCUT2D eigenvalue weighted by molar-refractivity contribution is 0.254. The lowest BCUT2D eigenvalue weighted by Gasteiger charge is -2.15. The van der Waals surface area contributed by atoms with Crippen LogP contribution in [0.1, 0.15) is 18.9 Å². The largest absolute Gasteiger partial charge is 0.395 e. The van der Waals surface area contributed by atoms with Gasteiger partial charge in [-0.3, -0.25) is 0 Å². The zero-order valence-electron chi connectivity index (χ0n) is 9.72. The fourth-order valence-electron chi connectivity index (χ4n) is 1.37. The van der Waals surface area contributed by atoms with E-state index in [1.165, 1.54) is 12.1 Å². The van der Waals surface area contributed by atoms with E-state index >= 15 is 0 Å². The molecule has 0 bridgehead atoms. The molecule has 0 fully saturated rings. The van der Waals surface area contributed by atoms with Crippen LogP contribution in [-0.2, 0) is 10.0 Å². The van der Waals surface area contributed by atoms with Crippen LogP contribution in [0.3, 0.4) is 0 Å². The molecule has 0 aliphatic rings. The van der Waals surface area contributed by atoms with E-state index in [0.29, 0.717) is 6.42 Å². The van der Waals surface area contributed by atoms with Crippen LogP contribution in [0.5, 0.6) is 0 Å². The van der Waals surface area contributed by atoms with Crippen molar-refractivity contribution in [3.05, 3.63) is 29.6 Å². The van der Waals surface area contributed by atoms with E-state index in [4.69, 9.17) is 10.4 Å². The highest BCUT2D eigenvalue weighted by atomic mass is 32.2. The van der Waals surface area contributed by atoms with Crippen molar-refractivity contribution < 1.29 is 17.9 Å². The van der Waals surface area contributed by atoms with Gasteiger partial charge in [-0.25, -0.2) is 17.5 Å². The first kappa shape index (κ1) is 14.6. The Hall–Kier alpha value is -1.49. The van der Waals surface area contributed by atoms with Gasteiger partial charge in [0.05, 0.1) is 6.61 Å². The van der Waals surface area contributed by atoms with Crippen LogP contribution in [0.4, 0.5) is 4.39 Å². The van der Waals surface area contributed by atoms with E-state index in [1.807, 2.05) is 0 Å². The minimum atomic E-state index is -4.02. The molecular formula is C11H13FN2O3S. The monoisotopic (exact) mass is 272 g/mol. The second kappa shape index (κ2) is 5.91. The second-order valence-electron chi connectivity index (χ2n) is 3.63. The Morgan fingerprint density at radius 1 is 1.56 bits per heavy atom. The first-order valence-corrected chi connectivity index (χ1v) is 6.76. The number of benzene rings is 1. The van der Waals surface area contributed by atoms with Gasteiger partial charge in [0.2, 0.25) is 10.0 Å². The van der Waals surface area contributed by atoms with E-state index in [9.17, 15) is 12.8 Å². The Balaban J connectivity index is 3.22. The number of nitriles is 1. The molecule has 1 aromatic rings. The maximum absolute atomic E-state index is 13.3. The molecule has 0 saturated carbocycles. The Kier molecular flexibility index (Phi) is 4.78. The molecule has 18 heavy (non-hydrogen) atoms.